The van der Waals surface area contributed by atoms with Crippen molar-refractivity contribution in [1.29, 1.82) is 0 Å². The van der Waals surface area contributed by atoms with E-state index in [2.05, 4.69) is 0 Å². The van der Waals surface area contributed by atoms with E-state index in [1.165, 1.54) is 13.2 Å². The number of aromatic hydroxyl groups is 1. The standard InChI is InChI=1S/C10H15NO3/c1-14-10-6-7(2-3-9(10)13)8(12)4-5-11/h2-3,6,8,12-13H,4-5,11H2,1H3. The highest BCUT2D eigenvalue weighted by Crippen LogP contribution is 2.29. The number of ether oxygens (including phenoxy) is 1. The predicted octanol–water partition coefficient (Wildman–Crippen LogP) is 0.783. The molecule has 0 saturated heterocycles. The van der Waals surface area contributed by atoms with Crippen LogP contribution in [-0.4, -0.2) is 23.9 Å². The van der Waals surface area contributed by atoms with Crippen LogP contribution in [0, 0.1) is 0 Å². The monoisotopic (exact) mass is 197 g/mol. The maximum absolute atomic E-state index is 9.61. The van der Waals surface area contributed by atoms with Gasteiger partial charge in [-0.05, 0) is 30.7 Å². The quantitative estimate of drug-likeness (QED) is 0.666. The van der Waals surface area contributed by atoms with Gasteiger partial charge >= 0.3 is 0 Å². The number of phenols is 1. The minimum Gasteiger partial charge on any atom is -0.504 e. The molecule has 0 amide bonds. The van der Waals surface area contributed by atoms with E-state index in [1.807, 2.05) is 0 Å². The number of methoxy groups -OCH3 is 1. The van der Waals surface area contributed by atoms with Crippen molar-refractivity contribution in [2.75, 3.05) is 13.7 Å². The van der Waals surface area contributed by atoms with E-state index in [0.717, 1.165) is 0 Å². The van der Waals surface area contributed by atoms with E-state index in [1.54, 1.807) is 12.1 Å². The summed E-state index contributed by atoms with van der Waals surface area (Å²) in [5.74, 6) is 0.426. The first kappa shape index (κ1) is 10.8. The third kappa shape index (κ3) is 2.37. The molecule has 0 bridgehead atoms. The van der Waals surface area contributed by atoms with Crippen LogP contribution < -0.4 is 10.5 Å². The van der Waals surface area contributed by atoms with Crippen LogP contribution in [0.15, 0.2) is 18.2 Å². The fourth-order valence-corrected chi connectivity index (χ4v) is 1.23. The molecule has 1 aromatic rings. The van der Waals surface area contributed by atoms with Gasteiger partial charge in [0.2, 0.25) is 0 Å². The Labute approximate surface area is 82.9 Å². The fourth-order valence-electron chi connectivity index (χ4n) is 1.23. The molecule has 1 aromatic carbocycles. The molecule has 0 aliphatic carbocycles. The van der Waals surface area contributed by atoms with Crippen molar-refractivity contribution in [3.8, 4) is 11.5 Å². The van der Waals surface area contributed by atoms with E-state index in [4.69, 9.17) is 10.5 Å². The van der Waals surface area contributed by atoms with Gasteiger partial charge in [0.25, 0.3) is 0 Å². The summed E-state index contributed by atoms with van der Waals surface area (Å²) >= 11 is 0. The Hall–Kier alpha value is -1.26. The summed E-state index contributed by atoms with van der Waals surface area (Å²) in [6, 6.07) is 4.75. The molecule has 4 nitrogen and oxygen atoms in total. The first-order chi connectivity index (χ1) is 6.69. The Morgan fingerprint density at radius 2 is 2.21 bits per heavy atom. The fraction of sp³-hybridized carbons (Fsp3) is 0.400. The van der Waals surface area contributed by atoms with Crippen molar-refractivity contribution in [2.24, 2.45) is 5.73 Å². The summed E-state index contributed by atoms with van der Waals surface area (Å²) in [6.07, 6.45) is -0.108. The molecule has 0 aliphatic rings. The maximum atomic E-state index is 9.61. The van der Waals surface area contributed by atoms with Gasteiger partial charge in [0.1, 0.15) is 0 Å². The van der Waals surface area contributed by atoms with Crippen LogP contribution in [0.5, 0.6) is 11.5 Å². The first-order valence-corrected chi connectivity index (χ1v) is 4.44. The van der Waals surface area contributed by atoms with Crippen molar-refractivity contribution in [3.05, 3.63) is 23.8 Å². The van der Waals surface area contributed by atoms with Crippen molar-refractivity contribution in [3.63, 3.8) is 0 Å². The van der Waals surface area contributed by atoms with Crippen LogP contribution in [0.4, 0.5) is 0 Å². The van der Waals surface area contributed by atoms with Gasteiger partial charge in [-0.3, -0.25) is 0 Å². The SMILES string of the molecule is COc1cc(C(O)CCN)ccc1O. The lowest BCUT2D eigenvalue weighted by molar-refractivity contribution is 0.170. The van der Waals surface area contributed by atoms with Crippen molar-refractivity contribution in [2.45, 2.75) is 12.5 Å². The number of aliphatic hydroxyl groups is 1. The number of hydrogen-bond acceptors (Lipinski definition) is 4. The third-order valence-electron chi connectivity index (χ3n) is 2.03. The number of aliphatic hydroxyl groups excluding tert-OH is 1. The van der Waals surface area contributed by atoms with Crippen molar-refractivity contribution in [1.82, 2.24) is 0 Å². The molecule has 0 heterocycles. The summed E-state index contributed by atoms with van der Waals surface area (Å²) in [7, 11) is 1.47. The molecule has 0 spiro atoms. The molecule has 1 rings (SSSR count). The van der Waals surface area contributed by atoms with Crippen LogP contribution in [0.25, 0.3) is 0 Å². The second kappa shape index (κ2) is 4.83. The zero-order valence-electron chi connectivity index (χ0n) is 8.10. The Morgan fingerprint density at radius 3 is 2.79 bits per heavy atom. The molecule has 0 aliphatic heterocycles. The van der Waals surface area contributed by atoms with Gasteiger partial charge in [0, 0.05) is 0 Å². The second-order valence-electron chi connectivity index (χ2n) is 3.02. The normalized spacial score (nSPS) is 12.5. The molecule has 0 saturated carbocycles. The molecular weight excluding hydrogens is 182 g/mol. The van der Waals surface area contributed by atoms with E-state index < -0.39 is 6.10 Å². The molecule has 4 N–H and O–H groups in total. The second-order valence-corrected chi connectivity index (χ2v) is 3.02. The van der Waals surface area contributed by atoms with Crippen LogP contribution in [0.2, 0.25) is 0 Å². The summed E-state index contributed by atoms with van der Waals surface area (Å²) in [4.78, 5) is 0. The predicted molar refractivity (Wildman–Crippen MR) is 53.3 cm³/mol. The van der Waals surface area contributed by atoms with Gasteiger partial charge in [0.15, 0.2) is 11.5 Å². The van der Waals surface area contributed by atoms with E-state index in [9.17, 15) is 10.2 Å². The minimum atomic E-state index is -0.602. The largest absolute Gasteiger partial charge is 0.504 e. The number of benzene rings is 1. The lowest BCUT2D eigenvalue weighted by atomic mass is 10.1. The smallest absolute Gasteiger partial charge is 0.160 e. The zero-order chi connectivity index (χ0) is 10.6. The first-order valence-electron chi connectivity index (χ1n) is 4.44. The third-order valence-corrected chi connectivity index (χ3v) is 2.03. The van der Waals surface area contributed by atoms with Gasteiger partial charge < -0.3 is 20.7 Å². The molecule has 1 unspecified atom stereocenters. The Balaban J connectivity index is 2.88. The Kier molecular flexibility index (Phi) is 3.73. The average Bonchev–Trinajstić information content (AvgIpc) is 2.19. The number of phenolic OH excluding ortho intramolecular Hbond substituents is 1. The molecular formula is C10H15NO3. The highest BCUT2D eigenvalue weighted by Gasteiger charge is 2.09. The van der Waals surface area contributed by atoms with E-state index in [0.29, 0.717) is 24.3 Å². The van der Waals surface area contributed by atoms with Gasteiger partial charge in [-0.2, -0.15) is 0 Å². The lowest BCUT2D eigenvalue weighted by Gasteiger charge is -2.11. The van der Waals surface area contributed by atoms with Gasteiger partial charge in [-0.1, -0.05) is 6.07 Å². The van der Waals surface area contributed by atoms with Gasteiger partial charge in [0.05, 0.1) is 13.2 Å². The summed E-state index contributed by atoms with van der Waals surface area (Å²) in [5.41, 5.74) is 6.03. The molecule has 14 heavy (non-hydrogen) atoms. The van der Waals surface area contributed by atoms with E-state index in [-0.39, 0.29) is 5.75 Å². The molecule has 0 fully saturated rings. The lowest BCUT2D eigenvalue weighted by Crippen LogP contribution is -2.06. The van der Waals surface area contributed by atoms with Crippen LogP contribution in [0.3, 0.4) is 0 Å². The Morgan fingerprint density at radius 1 is 1.50 bits per heavy atom. The van der Waals surface area contributed by atoms with Crippen LogP contribution in [0.1, 0.15) is 18.1 Å². The summed E-state index contributed by atoms with van der Waals surface area (Å²) in [5, 5.41) is 18.9. The highest BCUT2D eigenvalue weighted by molar-refractivity contribution is 5.42. The van der Waals surface area contributed by atoms with Gasteiger partial charge in [-0.25, -0.2) is 0 Å². The number of hydrogen-bond donors (Lipinski definition) is 3. The topological polar surface area (TPSA) is 75.7 Å². The zero-order valence-corrected chi connectivity index (χ0v) is 8.10. The molecule has 1 atom stereocenters. The molecule has 4 heteroatoms. The number of nitrogens with two attached hydrogens (primary N) is 1. The maximum Gasteiger partial charge on any atom is 0.160 e. The average molecular weight is 197 g/mol. The van der Waals surface area contributed by atoms with Crippen LogP contribution in [-0.2, 0) is 0 Å². The summed E-state index contributed by atoms with van der Waals surface area (Å²) in [6.45, 7) is 0.421. The highest BCUT2D eigenvalue weighted by atomic mass is 16.5. The summed E-state index contributed by atoms with van der Waals surface area (Å²) < 4.78 is 4.92. The van der Waals surface area contributed by atoms with Crippen molar-refractivity contribution >= 4 is 0 Å². The van der Waals surface area contributed by atoms with Crippen molar-refractivity contribution < 1.29 is 14.9 Å². The molecule has 0 radical (unpaired) electrons. The molecule has 78 valence electrons. The van der Waals surface area contributed by atoms with E-state index >= 15 is 0 Å². The molecule has 0 aromatic heterocycles. The Bertz CT molecular complexity index is 301. The van der Waals surface area contributed by atoms with Gasteiger partial charge in [-0.15, -0.1) is 0 Å². The number of rotatable bonds is 4. The van der Waals surface area contributed by atoms with Crippen LogP contribution >= 0.6 is 0 Å². The minimum absolute atomic E-state index is 0.0659.